The summed E-state index contributed by atoms with van der Waals surface area (Å²) in [5.74, 6) is 0.525. The Kier molecular flexibility index (Phi) is 5.63. The van der Waals surface area contributed by atoms with E-state index in [1.165, 1.54) is 29.0 Å². The number of nitrogens with one attached hydrogen (secondary N) is 1. The van der Waals surface area contributed by atoms with Gasteiger partial charge in [-0.15, -0.1) is 11.3 Å². The van der Waals surface area contributed by atoms with Gasteiger partial charge in [0, 0.05) is 10.9 Å². The minimum Gasteiger partial charge on any atom is -0.484 e. The second kappa shape index (κ2) is 8.10. The molecule has 1 aromatic heterocycles. The normalized spacial score (nSPS) is 10.8. The van der Waals surface area contributed by atoms with Gasteiger partial charge in [-0.05, 0) is 47.9 Å². The summed E-state index contributed by atoms with van der Waals surface area (Å²) in [5.41, 5.74) is 2.71. The average Bonchev–Trinajstić information content (AvgIpc) is 3.09. The van der Waals surface area contributed by atoms with Crippen molar-refractivity contribution < 1.29 is 13.9 Å². The van der Waals surface area contributed by atoms with Crippen LogP contribution in [0.3, 0.4) is 0 Å². The largest absolute Gasteiger partial charge is 0.484 e. The lowest BCUT2D eigenvalue weighted by Crippen LogP contribution is -2.20. The molecule has 1 N–H and O–H groups in total. The van der Waals surface area contributed by atoms with Crippen LogP contribution in [0.2, 0.25) is 0 Å². The van der Waals surface area contributed by atoms with E-state index >= 15 is 0 Å². The Bertz CT molecular complexity index is 874. The van der Waals surface area contributed by atoms with Crippen molar-refractivity contribution in [3.63, 3.8) is 0 Å². The standard InChI is InChI=1S/C20H19FN2O2S/c1-13(2)14-5-9-17(10-6-14)25-11-19(24)23-20-22-18(12-26-20)15-3-7-16(21)8-4-15/h3-10,12-13H,11H2,1-2H3,(H,22,23,24). The number of hydrogen-bond acceptors (Lipinski definition) is 4. The lowest BCUT2D eigenvalue weighted by Gasteiger charge is -2.08. The van der Waals surface area contributed by atoms with Crippen LogP contribution < -0.4 is 10.1 Å². The zero-order valence-electron chi connectivity index (χ0n) is 14.5. The molecule has 0 spiro atoms. The third-order valence-corrected chi connectivity index (χ3v) is 4.56. The summed E-state index contributed by atoms with van der Waals surface area (Å²) in [6.45, 7) is 4.15. The number of carbonyl (C=O) groups excluding carboxylic acids is 1. The predicted octanol–water partition coefficient (Wildman–Crippen LogP) is 5.09. The van der Waals surface area contributed by atoms with Crippen LogP contribution in [0.25, 0.3) is 11.3 Å². The Balaban J connectivity index is 1.54. The van der Waals surface area contributed by atoms with Gasteiger partial charge in [-0.3, -0.25) is 10.1 Å². The molecule has 26 heavy (non-hydrogen) atoms. The monoisotopic (exact) mass is 370 g/mol. The molecule has 3 aromatic rings. The third kappa shape index (κ3) is 4.67. The fraction of sp³-hybridized carbons (Fsp3) is 0.200. The molecule has 0 aliphatic heterocycles. The number of rotatable bonds is 6. The van der Waals surface area contributed by atoms with Crippen LogP contribution in [0.1, 0.15) is 25.3 Å². The van der Waals surface area contributed by atoms with E-state index in [9.17, 15) is 9.18 Å². The number of thiazole rings is 1. The van der Waals surface area contributed by atoms with Crippen molar-refractivity contribution >= 4 is 22.4 Å². The molecule has 0 fully saturated rings. The lowest BCUT2D eigenvalue weighted by molar-refractivity contribution is -0.118. The zero-order chi connectivity index (χ0) is 18.5. The first-order chi connectivity index (χ1) is 12.5. The van der Waals surface area contributed by atoms with Gasteiger partial charge in [-0.25, -0.2) is 9.37 Å². The van der Waals surface area contributed by atoms with E-state index < -0.39 is 0 Å². The van der Waals surface area contributed by atoms with Gasteiger partial charge in [0.2, 0.25) is 0 Å². The van der Waals surface area contributed by atoms with Crippen molar-refractivity contribution in [2.75, 3.05) is 11.9 Å². The Morgan fingerprint density at radius 1 is 1.15 bits per heavy atom. The van der Waals surface area contributed by atoms with Gasteiger partial charge < -0.3 is 4.74 Å². The highest BCUT2D eigenvalue weighted by molar-refractivity contribution is 7.14. The van der Waals surface area contributed by atoms with Crippen LogP contribution in [-0.2, 0) is 4.79 Å². The first-order valence-corrected chi connectivity index (χ1v) is 9.13. The molecule has 0 radical (unpaired) electrons. The lowest BCUT2D eigenvalue weighted by atomic mass is 10.0. The van der Waals surface area contributed by atoms with E-state index in [-0.39, 0.29) is 18.3 Å². The van der Waals surface area contributed by atoms with Gasteiger partial charge in [0.05, 0.1) is 5.69 Å². The summed E-state index contributed by atoms with van der Waals surface area (Å²) in [5, 5.41) is 5.01. The molecule has 0 aliphatic rings. The molecular weight excluding hydrogens is 351 g/mol. The summed E-state index contributed by atoms with van der Waals surface area (Å²) in [7, 11) is 0. The predicted molar refractivity (Wildman–Crippen MR) is 102 cm³/mol. The van der Waals surface area contributed by atoms with E-state index in [0.717, 1.165) is 5.56 Å². The van der Waals surface area contributed by atoms with Crippen LogP contribution in [0, 0.1) is 5.82 Å². The summed E-state index contributed by atoms with van der Waals surface area (Å²) < 4.78 is 18.5. The third-order valence-electron chi connectivity index (χ3n) is 3.81. The SMILES string of the molecule is CC(C)c1ccc(OCC(=O)Nc2nc(-c3ccc(F)cc3)cs2)cc1. The summed E-state index contributed by atoms with van der Waals surface area (Å²) >= 11 is 1.31. The molecule has 3 rings (SSSR count). The minimum absolute atomic E-state index is 0.0908. The second-order valence-electron chi connectivity index (χ2n) is 6.11. The number of halogens is 1. The van der Waals surface area contributed by atoms with Crippen LogP contribution in [0.4, 0.5) is 9.52 Å². The maximum atomic E-state index is 13.0. The van der Waals surface area contributed by atoms with E-state index in [1.807, 2.05) is 29.6 Å². The molecule has 6 heteroatoms. The van der Waals surface area contributed by atoms with Crippen LogP contribution in [0.5, 0.6) is 5.75 Å². The molecule has 0 saturated carbocycles. The number of amides is 1. The number of aromatic nitrogens is 1. The van der Waals surface area contributed by atoms with Gasteiger partial charge in [0.1, 0.15) is 11.6 Å². The minimum atomic E-state index is -0.295. The van der Waals surface area contributed by atoms with E-state index in [1.54, 1.807) is 12.1 Å². The number of benzene rings is 2. The van der Waals surface area contributed by atoms with E-state index in [0.29, 0.717) is 22.5 Å². The van der Waals surface area contributed by atoms with Crippen molar-refractivity contribution in [2.45, 2.75) is 19.8 Å². The molecule has 4 nitrogen and oxygen atoms in total. The van der Waals surface area contributed by atoms with E-state index in [2.05, 4.69) is 24.1 Å². The summed E-state index contributed by atoms with van der Waals surface area (Å²) in [4.78, 5) is 16.4. The van der Waals surface area contributed by atoms with Crippen LogP contribution >= 0.6 is 11.3 Å². The Morgan fingerprint density at radius 2 is 1.85 bits per heavy atom. The van der Waals surface area contributed by atoms with Gasteiger partial charge in [0.25, 0.3) is 5.91 Å². The first-order valence-electron chi connectivity index (χ1n) is 8.25. The molecule has 0 saturated heterocycles. The Morgan fingerprint density at radius 3 is 2.50 bits per heavy atom. The van der Waals surface area contributed by atoms with Gasteiger partial charge >= 0.3 is 0 Å². The van der Waals surface area contributed by atoms with Crippen LogP contribution in [0.15, 0.2) is 53.9 Å². The molecule has 0 unspecified atom stereocenters. The maximum absolute atomic E-state index is 13.0. The number of nitrogens with zero attached hydrogens (tertiary/aromatic N) is 1. The molecule has 1 amide bonds. The Hall–Kier alpha value is -2.73. The molecule has 134 valence electrons. The maximum Gasteiger partial charge on any atom is 0.264 e. The Labute approximate surface area is 155 Å². The van der Waals surface area contributed by atoms with E-state index in [4.69, 9.17) is 4.74 Å². The molecular formula is C20H19FN2O2S. The molecule has 0 aliphatic carbocycles. The van der Waals surface area contributed by atoms with Crippen molar-refractivity contribution in [3.05, 3.63) is 65.3 Å². The number of carbonyl (C=O) groups is 1. The molecule has 1 heterocycles. The molecule has 0 bridgehead atoms. The number of ether oxygens (including phenoxy) is 1. The highest BCUT2D eigenvalue weighted by Gasteiger charge is 2.09. The molecule has 2 aromatic carbocycles. The zero-order valence-corrected chi connectivity index (χ0v) is 15.3. The fourth-order valence-electron chi connectivity index (χ4n) is 2.34. The van der Waals surface area contributed by atoms with Crippen molar-refractivity contribution in [2.24, 2.45) is 0 Å². The van der Waals surface area contributed by atoms with Crippen LogP contribution in [-0.4, -0.2) is 17.5 Å². The molecule has 0 atom stereocenters. The fourth-order valence-corrected chi connectivity index (χ4v) is 3.07. The highest BCUT2D eigenvalue weighted by atomic mass is 32.1. The number of hydrogen-bond donors (Lipinski definition) is 1. The topological polar surface area (TPSA) is 51.2 Å². The summed E-state index contributed by atoms with van der Waals surface area (Å²) in [6.07, 6.45) is 0. The van der Waals surface area contributed by atoms with Crippen molar-refractivity contribution in [3.8, 4) is 17.0 Å². The smallest absolute Gasteiger partial charge is 0.264 e. The average molecular weight is 370 g/mol. The second-order valence-corrected chi connectivity index (χ2v) is 6.96. The first kappa shape index (κ1) is 18.1. The summed E-state index contributed by atoms with van der Waals surface area (Å²) in [6, 6.07) is 13.8. The van der Waals surface area contributed by atoms with Gasteiger partial charge in [-0.1, -0.05) is 26.0 Å². The van der Waals surface area contributed by atoms with Crippen molar-refractivity contribution in [1.82, 2.24) is 4.98 Å². The number of anilines is 1. The van der Waals surface area contributed by atoms with Gasteiger partial charge in [0.15, 0.2) is 11.7 Å². The van der Waals surface area contributed by atoms with Crippen molar-refractivity contribution in [1.29, 1.82) is 0 Å². The highest BCUT2D eigenvalue weighted by Crippen LogP contribution is 2.25. The van der Waals surface area contributed by atoms with Gasteiger partial charge in [-0.2, -0.15) is 0 Å². The quantitative estimate of drug-likeness (QED) is 0.657.